The van der Waals surface area contributed by atoms with E-state index < -0.39 is 24.1 Å². The van der Waals surface area contributed by atoms with Gasteiger partial charge in [-0.1, -0.05) is 0 Å². The molecule has 0 fully saturated rings. The van der Waals surface area contributed by atoms with E-state index in [0.29, 0.717) is 6.54 Å². The largest absolute Gasteiger partial charge is 0.479 e. The first-order valence-corrected chi connectivity index (χ1v) is 5.61. The number of nitrogens with one attached hydrogen (secondary N) is 3. The molecule has 0 aliphatic carbocycles. The molecule has 0 radical (unpaired) electrons. The highest BCUT2D eigenvalue weighted by Crippen LogP contribution is 1.89. The average Bonchev–Trinajstić information content (AvgIpc) is 2.28. The number of aliphatic hydroxyl groups excluding tert-OH is 1. The fraction of sp³-hybridized carbons (Fsp3) is 0.700. The van der Waals surface area contributed by atoms with Crippen LogP contribution in [0.1, 0.15) is 20.3 Å². The van der Waals surface area contributed by atoms with Gasteiger partial charge in [-0.25, -0.2) is 9.59 Å². The van der Waals surface area contributed by atoms with Gasteiger partial charge in [-0.3, -0.25) is 4.79 Å². The summed E-state index contributed by atoms with van der Waals surface area (Å²) in [5, 5.41) is 24.6. The number of carbonyl (C=O) groups excluding carboxylic acids is 2. The van der Waals surface area contributed by atoms with Gasteiger partial charge in [0, 0.05) is 19.5 Å². The van der Waals surface area contributed by atoms with Crippen LogP contribution in [0.2, 0.25) is 0 Å². The predicted molar refractivity (Wildman–Crippen MR) is 62.9 cm³/mol. The summed E-state index contributed by atoms with van der Waals surface area (Å²) >= 11 is 0. The minimum atomic E-state index is -1.51. The highest BCUT2D eigenvalue weighted by molar-refractivity contribution is 5.86. The molecule has 104 valence electrons. The van der Waals surface area contributed by atoms with E-state index in [0.717, 1.165) is 0 Å². The first-order chi connectivity index (χ1) is 8.38. The summed E-state index contributed by atoms with van der Waals surface area (Å²) in [6, 6.07) is -1.28. The van der Waals surface area contributed by atoms with Crippen LogP contribution in [0.3, 0.4) is 0 Å². The van der Waals surface area contributed by atoms with Crippen LogP contribution < -0.4 is 16.0 Å². The number of hydrogen-bond acceptors (Lipinski definition) is 4. The van der Waals surface area contributed by atoms with E-state index >= 15 is 0 Å². The summed E-state index contributed by atoms with van der Waals surface area (Å²) in [5.41, 5.74) is 0. The molecule has 0 rings (SSSR count). The van der Waals surface area contributed by atoms with Gasteiger partial charge in [0.1, 0.15) is 6.04 Å². The van der Waals surface area contributed by atoms with Crippen LogP contribution in [0.25, 0.3) is 0 Å². The maximum atomic E-state index is 11.3. The van der Waals surface area contributed by atoms with Gasteiger partial charge in [-0.15, -0.1) is 0 Å². The van der Waals surface area contributed by atoms with Crippen LogP contribution in [0.15, 0.2) is 0 Å². The third-order valence-corrected chi connectivity index (χ3v) is 2.08. The van der Waals surface area contributed by atoms with E-state index in [2.05, 4.69) is 16.0 Å². The number of carboxylic acid groups (broad SMARTS) is 1. The van der Waals surface area contributed by atoms with Gasteiger partial charge in [-0.2, -0.15) is 0 Å². The van der Waals surface area contributed by atoms with E-state index in [1.165, 1.54) is 6.92 Å². The Morgan fingerprint density at radius 2 is 1.83 bits per heavy atom. The first kappa shape index (κ1) is 16.2. The normalized spacial score (nSPS) is 13.3. The van der Waals surface area contributed by atoms with Crippen molar-refractivity contribution in [2.75, 3.05) is 13.1 Å². The molecule has 8 nitrogen and oxygen atoms in total. The Labute approximate surface area is 105 Å². The monoisotopic (exact) mass is 261 g/mol. The van der Waals surface area contributed by atoms with Crippen LogP contribution >= 0.6 is 0 Å². The first-order valence-electron chi connectivity index (χ1n) is 5.61. The summed E-state index contributed by atoms with van der Waals surface area (Å²) < 4.78 is 0. The lowest BCUT2D eigenvalue weighted by Gasteiger charge is -2.14. The summed E-state index contributed by atoms with van der Waals surface area (Å²) in [5.74, 6) is -1.65. The zero-order valence-corrected chi connectivity index (χ0v) is 10.4. The van der Waals surface area contributed by atoms with Crippen LogP contribution in [-0.2, 0) is 9.59 Å². The second kappa shape index (κ2) is 8.29. The molecule has 0 spiro atoms. The molecule has 0 saturated heterocycles. The number of aliphatic hydroxyl groups is 1. The molecule has 0 heterocycles. The molecular formula is C10H19N3O5. The smallest absolute Gasteiger partial charge is 0.332 e. The molecule has 0 aromatic heterocycles. The van der Waals surface area contributed by atoms with Crippen molar-refractivity contribution >= 4 is 17.9 Å². The molecule has 0 aromatic rings. The third kappa shape index (κ3) is 6.69. The maximum Gasteiger partial charge on any atom is 0.332 e. The zero-order valence-electron chi connectivity index (χ0n) is 10.4. The lowest BCUT2D eigenvalue weighted by molar-refractivity contribution is -0.146. The van der Waals surface area contributed by atoms with Gasteiger partial charge in [0.2, 0.25) is 5.91 Å². The topological polar surface area (TPSA) is 128 Å². The van der Waals surface area contributed by atoms with Crippen molar-refractivity contribution in [3.63, 3.8) is 0 Å². The Balaban J connectivity index is 3.84. The Bertz CT molecular complexity index is 308. The van der Waals surface area contributed by atoms with E-state index in [1.807, 2.05) is 0 Å². The summed E-state index contributed by atoms with van der Waals surface area (Å²) in [6.07, 6.45) is -1.61. The lowest BCUT2D eigenvalue weighted by Crippen LogP contribution is -2.48. The van der Waals surface area contributed by atoms with E-state index in [1.54, 1.807) is 6.92 Å². The van der Waals surface area contributed by atoms with Crippen LogP contribution in [0.5, 0.6) is 0 Å². The molecule has 0 bridgehead atoms. The number of carboxylic acids is 1. The predicted octanol–water partition coefficient (Wildman–Crippen LogP) is -1.35. The Morgan fingerprint density at radius 3 is 2.33 bits per heavy atom. The number of carbonyl (C=O) groups is 3. The van der Waals surface area contributed by atoms with Crippen molar-refractivity contribution in [1.82, 2.24) is 16.0 Å². The highest BCUT2D eigenvalue weighted by Gasteiger charge is 2.15. The van der Waals surface area contributed by atoms with Crippen LogP contribution in [-0.4, -0.2) is 53.4 Å². The van der Waals surface area contributed by atoms with Crippen molar-refractivity contribution in [1.29, 1.82) is 0 Å². The average molecular weight is 261 g/mol. The lowest BCUT2D eigenvalue weighted by atomic mass is 10.2. The molecule has 2 atom stereocenters. The molecule has 5 N–H and O–H groups in total. The summed E-state index contributed by atoms with van der Waals surface area (Å²) in [6.45, 7) is 3.76. The minimum Gasteiger partial charge on any atom is -0.479 e. The molecule has 0 aliphatic rings. The van der Waals surface area contributed by atoms with Gasteiger partial charge >= 0.3 is 12.0 Å². The molecular weight excluding hydrogens is 242 g/mol. The Morgan fingerprint density at radius 1 is 1.22 bits per heavy atom. The molecule has 8 heteroatoms. The number of urea groups is 1. The van der Waals surface area contributed by atoms with Gasteiger partial charge < -0.3 is 26.2 Å². The fourth-order valence-electron chi connectivity index (χ4n) is 1.09. The van der Waals surface area contributed by atoms with Gasteiger partial charge in [0.15, 0.2) is 6.10 Å². The number of rotatable bonds is 7. The quantitative estimate of drug-likeness (QED) is 0.387. The fourth-order valence-corrected chi connectivity index (χ4v) is 1.09. The van der Waals surface area contributed by atoms with Crippen LogP contribution in [0, 0.1) is 0 Å². The third-order valence-electron chi connectivity index (χ3n) is 2.08. The van der Waals surface area contributed by atoms with E-state index in [-0.39, 0.29) is 18.9 Å². The molecule has 0 aliphatic heterocycles. The van der Waals surface area contributed by atoms with Crippen molar-refractivity contribution in [3.05, 3.63) is 0 Å². The second-order valence-corrected chi connectivity index (χ2v) is 3.66. The molecule has 0 saturated carbocycles. The molecule has 0 aromatic carbocycles. The number of likely N-dealkylation sites (N-methyl/N-ethyl adjacent to an activating group) is 1. The van der Waals surface area contributed by atoms with Crippen molar-refractivity contribution in [3.8, 4) is 0 Å². The van der Waals surface area contributed by atoms with E-state index in [4.69, 9.17) is 10.2 Å². The standard InChI is InChI=1S/C10H19N3O5/c1-3-11-8(15)6(2)13-10(18)12-5-4-7(14)9(16)17/h6-7,14H,3-5H2,1-2H3,(H,11,15)(H,16,17)(H2,12,13,18). The Kier molecular flexibility index (Phi) is 7.45. The van der Waals surface area contributed by atoms with E-state index in [9.17, 15) is 14.4 Å². The highest BCUT2D eigenvalue weighted by atomic mass is 16.4. The number of hydrogen-bond donors (Lipinski definition) is 5. The van der Waals surface area contributed by atoms with Crippen molar-refractivity contribution < 1.29 is 24.6 Å². The maximum absolute atomic E-state index is 11.3. The molecule has 3 amide bonds. The summed E-state index contributed by atoms with van der Waals surface area (Å²) in [4.78, 5) is 32.8. The van der Waals surface area contributed by atoms with Crippen molar-refractivity contribution in [2.45, 2.75) is 32.4 Å². The SMILES string of the molecule is CCNC(=O)C(C)NC(=O)NCCC(O)C(=O)O. The Hall–Kier alpha value is -1.83. The number of aliphatic carboxylic acids is 1. The van der Waals surface area contributed by atoms with Crippen molar-refractivity contribution in [2.24, 2.45) is 0 Å². The van der Waals surface area contributed by atoms with Crippen LogP contribution in [0.4, 0.5) is 4.79 Å². The number of amides is 3. The van der Waals surface area contributed by atoms with Gasteiger partial charge in [-0.05, 0) is 13.8 Å². The van der Waals surface area contributed by atoms with Gasteiger partial charge in [0.05, 0.1) is 0 Å². The van der Waals surface area contributed by atoms with Gasteiger partial charge in [0.25, 0.3) is 0 Å². The molecule has 18 heavy (non-hydrogen) atoms. The second-order valence-electron chi connectivity index (χ2n) is 3.66. The molecule has 2 unspecified atom stereocenters. The summed E-state index contributed by atoms with van der Waals surface area (Å²) in [7, 11) is 0. The minimum absolute atomic E-state index is 0.00141. The zero-order chi connectivity index (χ0) is 14.1.